The van der Waals surface area contributed by atoms with Crippen molar-refractivity contribution in [2.45, 2.75) is 25.3 Å². The van der Waals surface area contributed by atoms with Gasteiger partial charge in [0.2, 0.25) is 5.95 Å². The molecule has 3 nitrogen and oxygen atoms in total. The molecule has 1 saturated carbocycles. The van der Waals surface area contributed by atoms with Crippen LogP contribution in [0.3, 0.4) is 0 Å². The van der Waals surface area contributed by atoms with E-state index in [0.717, 1.165) is 10.6 Å². The Bertz CT molecular complexity index is 242. The minimum absolute atomic E-state index is 0.646. The quantitative estimate of drug-likeness (QED) is 0.794. The Labute approximate surface area is 73.7 Å². The lowest BCUT2D eigenvalue weighted by molar-refractivity contribution is 0.443. The number of nitrogens with zero attached hydrogens (tertiary/aromatic N) is 1. The summed E-state index contributed by atoms with van der Waals surface area (Å²) in [6, 6.07) is 0.646. The van der Waals surface area contributed by atoms with Gasteiger partial charge in [0.25, 0.3) is 0 Å². The van der Waals surface area contributed by atoms with Crippen molar-refractivity contribution in [2.24, 2.45) is 0 Å². The molecule has 0 unspecified atom stereocenters. The maximum Gasteiger partial charge on any atom is 0.201 e. The van der Waals surface area contributed by atoms with E-state index < -0.39 is 0 Å². The Hall–Kier alpha value is -0.510. The second-order valence-corrected chi connectivity index (χ2v) is 3.71. The third-order valence-electron chi connectivity index (χ3n) is 1.99. The SMILES string of the molecule is Brc1cnc(NC2CCC2)[nH]1. The second-order valence-electron chi connectivity index (χ2n) is 2.85. The summed E-state index contributed by atoms with van der Waals surface area (Å²) >= 11 is 3.30. The van der Waals surface area contributed by atoms with Crippen LogP contribution in [0.15, 0.2) is 10.8 Å². The van der Waals surface area contributed by atoms with Crippen molar-refractivity contribution in [1.29, 1.82) is 0 Å². The maximum absolute atomic E-state index is 4.12. The highest BCUT2D eigenvalue weighted by molar-refractivity contribution is 9.10. The molecule has 1 aliphatic rings. The zero-order valence-corrected chi connectivity index (χ0v) is 7.69. The van der Waals surface area contributed by atoms with Gasteiger partial charge in [-0.3, -0.25) is 0 Å². The van der Waals surface area contributed by atoms with Crippen molar-refractivity contribution in [2.75, 3.05) is 5.32 Å². The van der Waals surface area contributed by atoms with Crippen molar-refractivity contribution < 1.29 is 0 Å². The average molecular weight is 216 g/mol. The fraction of sp³-hybridized carbons (Fsp3) is 0.571. The lowest BCUT2D eigenvalue weighted by atomic mass is 9.93. The molecule has 60 valence electrons. The third kappa shape index (κ3) is 1.56. The van der Waals surface area contributed by atoms with Crippen molar-refractivity contribution in [3.63, 3.8) is 0 Å². The van der Waals surface area contributed by atoms with Gasteiger partial charge < -0.3 is 10.3 Å². The largest absolute Gasteiger partial charge is 0.353 e. The van der Waals surface area contributed by atoms with Crippen LogP contribution in [-0.2, 0) is 0 Å². The zero-order chi connectivity index (χ0) is 7.68. The van der Waals surface area contributed by atoms with E-state index in [2.05, 4.69) is 31.2 Å². The molecule has 0 amide bonds. The van der Waals surface area contributed by atoms with Gasteiger partial charge in [0.15, 0.2) is 0 Å². The summed E-state index contributed by atoms with van der Waals surface area (Å²) in [6.07, 6.45) is 5.66. The third-order valence-corrected chi connectivity index (χ3v) is 2.39. The standard InChI is InChI=1S/C7H10BrN3/c8-6-4-9-7(11-6)10-5-2-1-3-5/h4-5H,1-3H2,(H2,9,10,11). The molecular weight excluding hydrogens is 206 g/mol. The molecule has 0 spiro atoms. The van der Waals surface area contributed by atoms with E-state index in [1.165, 1.54) is 19.3 Å². The van der Waals surface area contributed by atoms with Crippen LogP contribution in [0.1, 0.15) is 19.3 Å². The van der Waals surface area contributed by atoms with Crippen LogP contribution >= 0.6 is 15.9 Å². The molecule has 1 aromatic rings. The van der Waals surface area contributed by atoms with Crippen LogP contribution in [0.4, 0.5) is 5.95 Å². The summed E-state index contributed by atoms with van der Waals surface area (Å²) in [5.41, 5.74) is 0. The molecule has 4 heteroatoms. The number of anilines is 1. The molecule has 0 saturated heterocycles. The number of H-pyrrole nitrogens is 1. The number of imidazole rings is 1. The number of halogens is 1. The molecule has 0 bridgehead atoms. The van der Waals surface area contributed by atoms with Gasteiger partial charge in [-0.05, 0) is 35.2 Å². The van der Waals surface area contributed by atoms with E-state index in [1.807, 2.05) is 0 Å². The van der Waals surface area contributed by atoms with E-state index >= 15 is 0 Å². The predicted octanol–water partition coefficient (Wildman–Crippen LogP) is 2.14. The first-order valence-electron chi connectivity index (χ1n) is 3.81. The van der Waals surface area contributed by atoms with Crippen LogP contribution in [0.25, 0.3) is 0 Å². The highest BCUT2D eigenvalue weighted by Crippen LogP contribution is 2.22. The molecule has 1 aliphatic carbocycles. The fourth-order valence-corrected chi connectivity index (χ4v) is 1.41. The Morgan fingerprint density at radius 3 is 2.91 bits per heavy atom. The van der Waals surface area contributed by atoms with Gasteiger partial charge in [-0.2, -0.15) is 0 Å². The number of nitrogens with one attached hydrogen (secondary N) is 2. The topological polar surface area (TPSA) is 40.7 Å². The van der Waals surface area contributed by atoms with Crippen LogP contribution < -0.4 is 5.32 Å². The summed E-state index contributed by atoms with van der Waals surface area (Å²) in [5.74, 6) is 0.876. The minimum Gasteiger partial charge on any atom is -0.353 e. The minimum atomic E-state index is 0.646. The highest BCUT2D eigenvalue weighted by Gasteiger charge is 2.17. The molecular formula is C7H10BrN3. The Morgan fingerprint density at radius 2 is 2.45 bits per heavy atom. The number of aromatic nitrogens is 2. The molecule has 2 N–H and O–H groups in total. The van der Waals surface area contributed by atoms with Gasteiger partial charge in [-0.25, -0.2) is 4.98 Å². The van der Waals surface area contributed by atoms with Gasteiger partial charge in [-0.15, -0.1) is 0 Å². The number of aromatic amines is 1. The van der Waals surface area contributed by atoms with Crippen LogP contribution in [-0.4, -0.2) is 16.0 Å². The van der Waals surface area contributed by atoms with Crippen molar-refractivity contribution in [3.8, 4) is 0 Å². The van der Waals surface area contributed by atoms with Gasteiger partial charge >= 0.3 is 0 Å². The summed E-state index contributed by atoms with van der Waals surface area (Å²) < 4.78 is 0.930. The zero-order valence-electron chi connectivity index (χ0n) is 6.10. The monoisotopic (exact) mass is 215 g/mol. The first-order chi connectivity index (χ1) is 5.34. The average Bonchev–Trinajstić information content (AvgIpc) is 2.27. The van der Waals surface area contributed by atoms with Gasteiger partial charge in [0.1, 0.15) is 4.60 Å². The van der Waals surface area contributed by atoms with Crippen molar-refractivity contribution >= 4 is 21.9 Å². The van der Waals surface area contributed by atoms with E-state index in [0.29, 0.717) is 6.04 Å². The van der Waals surface area contributed by atoms with Crippen molar-refractivity contribution in [3.05, 3.63) is 10.8 Å². The van der Waals surface area contributed by atoms with E-state index in [-0.39, 0.29) is 0 Å². The van der Waals surface area contributed by atoms with E-state index in [9.17, 15) is 0 Å². The first-order valence-corrected chi connectivity index (χ1v) is 4.61. The van der Waals surface area contributed by atoms with Gasteiger partial charge in [0, 0.05) is 6.04 Å². The molecule has 1 fully saturated rings. The summed E-state index contributed by atoms with van der Waals surface area (Å²) in [7, 11) is 0. The Morgan fingerprint density at radius 1 is 1.64 bits per heavy atom. The van der Waals surface area contributed by atoms with Gasteiger partial charge in [0.05, 0.1) is 6.20 Å². The summed E-state index contributed by atoms with van der Waals surface area (Å²) in [5, 5.41) is 3.30. The molecule has 1 heterocycles. The number of hydrogen-bond acceptors (Lipinski definition) is 2. The fourth-order valence-electron chi connectivity index (χ4n) is 1.12. The summed E-state index contributed by atoms with van der Waals surface area (Å²) in [4.78, 5) is 7.19. The number of rotatable bonds is 2. The second kappa shape index (κ2) is 2.85. The molecule has 0 aromatic carbocycles. The molecule has 1 aromatic heterocycles. The van der Waals surface area contributed by atoms with E-state index in [1.54, 1.807) is 6.20 Å². The Balaban J connectivity index is 1.95. The molecule has 0 atom stereocenters. The van der Waals surface area contributed by atoms with Gasteiger partial charge in [-0.1, -0.05) is 0 Å². The van der Waals surface area contributed by atoms with Crippen LogP contribution in [0, 0.1) is 0 Å². The molecule has 2 rings (SSSR count). The maximum atomic E-state index is 4.12. The lowest BCUT2D eigenvalue weighted by Gasteiger charge is -2.25. The Kier molecular flexibility index (Phi) is 1.85. The normalized spacial score (nSPS) is 17.9. The molecule has 0 radical (unpaired) electrons. The smallest absolute Gasteiger partial charge is 0.201 e. The highest BCUT2D eigenvalue weighted by atomic mass is 79.9. The lowest BCUT2D eigenvalue weighted by Crippen LogP contribution is -2.27. The molecule has 11 heavy (non-hydrogen) atoms. The molecule has 0 aliphatic heterocycles. The summed E-state index contributed by atoms with van der Waals surface area (Å²) in [6.45, 7) is 0. The predicted molar refractivity (Wildman–Crippen MR) is 47.5 cm³/mol. The van der Waals surface area contributed by atoms with E-state index in [4.69, 9.17) is 0 Å². The first kappa shape index (κ1) is 7.16. The van der Waals surface area contributed by atoms with Crippen molar-refractivity contribution in [1.82, 2.24) is 9.97 Å². The van der Waals surface area contributed by atoms with Crippen LogP contribution in [0.2, 0.25) is 0 Å². The van der Waals surface area contributed by atoms with Crippen LogP contribution in [0.5, 0.6) is 0 Å². The number of hydrogen-bond donors (Lipinski definition) is 2.